The molecule has 3 heterocycles. The molecule has 1 N–H and O–H groups in total. The minimum Gasteiger partial charge on any atom is -0.348 e. The van der Waals surface area contributed by atoms with E-state index in [1.54, 1.807) is 23.9 Å². The van der Waals surface area contributed by atoms with E-state index in [9.17, 15) is 9.59 Å². The lowest BCUT2D eigenvalue weighted by atomic mass is 10.1. The first-order chi connectivity index (χ1) is 13.9. The molecular weight excluding hydrogens is 366 g/mol. The maximum atomic E-state index is 12.9. The number of aromatic nitrogens is 3. The molecule has 7 heteroatoms. The molecule has 0 aliphatic heterocycles. The number of carbonyl (C=O) groups is 1. The van der Waals surface area contributed by atoms with E-state index >= 15 is 0 Å². The van der Waals surface area contributed by atoms with Gasteiger partial charge in [0.1, 0.15) is 17.0 Å². The Morgan fingerprint density at radius 3 is 2.69 bits per heavy atom. The quantitative estimate of drug-likeness (QED) is 0.634. The number of fused-ring (bicyclic) bond motifs is 2. The molecule has 1 atom stereocenters. The monoisotopic (exact) mass is 397 g/mol. The number of nitrogens with one attached hydrogen (secondary N) is 1. The van der Waals surface area contributed by atoms with Crippen LogP contribution in [0, 0.1) is 6.92 Å². The molecule has 29 heavy (non-hydrogen) atoms. The minimum absolute atomic E-state index is 0.0615. The molecule has 0 bridgehead atoms. The van der Waals surface area contributed by atoms with Crippen LogP contribution in [0.4, 0.5) is 0 Å². The fourth-order valence-electron chi connectivity index (χ4n) is 3.78. The van der Waals surface area contributed by atoms with Gasteiger partial charge in [0, 0.05) is 19.3 Å². The first-order valence-electron chi connectivity index (χ1n) is 10.4. The molecule has 0 spiro atoms. The molecule has 0 aliphatic rings. The van der Waals surface area contributed by atoms with E-state index in [0.717, 1.165) is 38.0 Å². The Bertz CT molecular complexity index is 1080. The van der Waals surface area contributed by atoms with Gasteiger partial charge in [-0.05, 0) is 64.0 Å². The summed E-state index contributed by atoms with van der Waals surface area (Å²) in [5, 5.41) is 3.52. The number of hydrogen-bond acceptors (Lipinski definition) is 4. The number of amides is 1. The van der Waals surface area contributed by atoms with Gasteiger partial charge in [0.05, 0.1) is 5.39 Å². The lowest BCUT2D eigenvalue weighted by Gasteiger charge is -2.19. The van der Waals surface area contributed by atoms with Gasteiger partial charge in [0.15, 0.2) is 0 Å². The predicted octanol–water partition coefficient (Wildman–Crippen LogP) is 2.73. The average Bonchev–Trinajstić information content (AvgIpc) is 3.03. The number of carbonyl (C=O) groups excluding carboxylic acids is 1. The molecule has 1 amide bonds. The molecule has 0 unspecified atom stereocenters. The second kappa shape index (κ2) is 8.78. The smallest absolute Gasteiger partial charge is 0.268 e. The van der Waals surface area contributed by atoms with Crippen molar-refractivity contribution in [2.45, 2.75) is 46.6 Å². The van der Waals surface area contributed by atoms with Crippen LogP contribution in [0.15, 0.2) is 29.2 Å². The summed E-state index contributed by atoms with van der Waals surface area (Å²) in [6.07, 6.45) is 3.66. The molecule has 0 fully saturated rings. The molecule has 3 rings (SSSR count). The van der Waals surface area contributed by atoms with E-state index < -0.39 is 0 Å². The van der Waals surface area contributed by atoms with Crippen molar-refractivity contribution < 1.29 is 4.79 Å². The zero-order valence-electron chi connectivity index (χ0n) is 18.0. The molecule has 0 radical (unpaired) electrons. The van der Waals surface area contributed by atoms with Gasteiger partial charge in [0.25, 0.3) is 11.5 Å². The minimum atomic E-state index is -0.175. The van der Waals surface area contributed by atoms with Gasteiger partial charge in [-0.3, -0.25) is 14.0 Å². The third-order valence-corrected chi connectivity index (χ3v) is 5.64. The summed E-state index contributed by atoms with van der Waals surface area (Å²) in [7, 11) is 1.78. The number of nitrogens with zero attached hydrogens (tertiary/aromatic N) is 4. The van der Waals surface area contributed by atoms with Crippen LogP contribution in [0.1, 0.15) is 49.7 Å². The van der Waals surface area contributed by atoms with Crippen molar-refractivity contribution in [2.75, 3.05) is 19.6 Å². The fourth-order valence-corrected chi connectivity index (χ4v) is 3.78. The zero-order valence-corrected chi connectivity index (χ0v) is 18.0. The van der Waals surface area contributed by atoms with Gasteiger partial charge < -0.3 is 14.8 Å². The fraction of sp³-hybridized carbons (Fsp3) is 0.500. The van der Waals surface area contributed by atoms with Gasteiger partial charge in [0.2, 0.25) is 0 Å². The Morgan fingerprint density at radius 1 is 1.28 bits per heavy atom. The van der Waals surface area contributed by atoms with Crippen LogP contribution in [0.3, 0.4) is 0 Å². The zero-order chi connectivity index (χ0) is 21.1. The highest BCUT2D eigenvalue weighted by molar-refractivity contribution is 5.98. The normalized spacial score (nSPS) is 12.8. The molecule has 7 nitrogen and oxygen atoms in total. The number of rotatable bonds is 8. The van der Waals surface area contributed by atoms with Crippen LogP contribution in [-0.2, 0) is 7.05 Å². The largest absolute Gasteiger partial charge is 0.348 e. The van der Waals surface area contributed by atoms with Crippen molar-refractivity contribution in [1.82, 2.24) is 24.2 Å². The summed E-state index contributed by atoms with van der Waals surface area (Å²) in [5.74, 6) is -0.175. The second-order valence-electron chi connectivity index (χ2n) is 7.67. The molecule has 0 saturated carbocycles. The van der Waals surface area contributed by atoms with Crippen molar-refractivity contribution in [3.8, 4) is 0 Å². The lowest BCUT2D eigenvalue weighted by molar-refractivity contribution is 0.0929. The van der Waals surface area contributed by atoms with Crippen LogP contribution in [0.5, 0.6) is 0 Å². The number of hydrogen-bond donors (Lipinski definition) is 1. The van der Waals surface area contributed by atoms with Gasteiger partial charge in [-0.15, -0.1) is 0 Å². The van der Waals surface area contributed by atoms with Crippen molar-refractivity contribution in [3.05, 3.63) is 46.0 Å². The second-order valence-corrected chi connectivity index (χ2v) is 7.67. The first kappa shape index (κ1) is 21.0. The van der Waals surface area contributed by atoms with Crippen molar-refractivity contribution in [2.24, 2.45) is 7.05 Å². The van der Waals surface area contributed by atoms with Crippen LogP contribution >= 0.6 is 0 Å². The Kier molecular flexibility index (Phi) is 6.37. The highest BCUT2D eigenvalue weighted by Crippen LogP contribution is 2.16. The topological polar surface area (TPSA) is 71.6 Å². The van der Waals surface area contributed by atoms with Gasteiger partial charge in [-0.25, -0.2) is 4.98 Å². The number of pyridine rings is 1. The maximum Gasteiger partial charge on any atom is 0.268 e. The van der Waals surface area contributed by atoms with E-state index in [4.69, 9.17) is 0 Å². The molecular formula is C22H31N5O2. The average molecular weight is 398 g/mol. The van der Waals surface area contributed by atoms with E-state index in [-0.39, 0.29) is 17.5 Å². The van der Waals surface area contributed by atoms with E-state index in [0.29, 0.717) is 22.4 Å². The molecule has 0 aliphatic carbocycles. The SMILES string of the molecule is CCN(CC)CCC[C@@H](C)NC(=O)c1cc2c(=O)n3cccc(C)c3nc2n1C. The summed E-state index contributed by atoms with van der Waals surface area (Å²) in [5.41, 5.74) is 2.36. The molecule has 0 saturated heterocycles. The summed E-state index contributed by atoms with van der Waals surface area (Å²) in [4.78, 5) is 32.8. The Balaban J connectivity index is 1.81. The molecule has 3 aromatic heterocycles. The Labute approximate surface area is 171 Å². The van der Waals surface area contributed by atoms with Crippen molar-refractivity contribution in [1.29, 1.82) is 0 Å². The van der Waals surface area contributed by atoms with Crippen LogP contribution in [0.2, 0.25) is 0 Å². The Morgan fingerprint density at radius 2 is 2.00 bits per heavy atom. The summed E-state index contributed by atoms with van der Waals surface area (Å²) in [6, 6.07) is 5.46. The third kappa shape index (κ3) is 4.19. The van der Waals surface area contributed by atoms with Crippen LogP contribution in [-0.4, -0.2) is 50.4 Å². The third-order valence-electron chi connectivity index (χ3n) is 5.64. The molecule has 0 aromatic carbocycles. The van der Waals surface area contributed by atoms with E-state index in [1.807, 2.05) is 26.0 Å². The van der Waals surface area contributed by atoms with Crippen LogP contribution < -0.4 is 10.9 Å². The summed E-state index contributed by atoms with van der Waals surface area (Å²) >= 11 is 0. The van der Waals surface area contributed by atoms with Gasteiger partial charge >= 0.3 is 0 Å². The summed E-state index contributed by atoms with van der Waals surface area (Å²) < 4.78 is 3.25. The standard InChI is InChI=1S/C22H31N5O2/c1-6-26(7-2)12-9-11-16(4)23-21(28)18-14-17-20(25(18)5)24-19-15(3)10-8-13-27(19)22(17)29/h8,10,13-14,16H,6-7,9,11-12H2,1-5H3,(H,23,28)/t16-/m1/s1. The van der Waals surface area contributed by atoms with Crippen molar-refractivity contribution in [3.63, 3.8) is 0 Å². The first-order valence-corrected chi connectivity index (χ1v) is 10.4. The number of aryl methyl sites for hydroxylation is 2. The van der Waals surface area contributed by atoms with E-state index in [1.165, 1.54) is 4.40 Å². The molecule has 156 valence electrons. The van der Waals surface area contributed by atoms with Gasteiger partial charge in [-0.2, -0.15) is 0 Å². The highest BCUT2D eigenvalue weighted by Gasteiger charge is 2.19. The Hall–Kier alpha value is -2.67. The van der Waals surface area contributed by atoms with E-state index in [2.05, 4.69) is 29.0 Å². The maximum absolute atomic E-state index is 12.9. The van der Waals surface area contributed by atoms with Crippen molar-refractivity contribution >= 4 is 22.6 Å². The molecule has 3 aromatic rings. The summed E-state index contributed by atoms with van der Waals surface area (Å²) in [6.45, 7) is 11.4. The highest BCUT2D eigenvalue weighted by atomic mass is 16.2. The predicted molar refractivity (Wildman–Crippen MR) is 117 cm³/mol. The van der Waals surface area contributed by atoms with Gasteiger partial charge in [-0.1, -0.05) is 19.9 Å². The van der Waals surface area contributed by atoms with Crippen LogP contribution in [0.25, 0.3) is 16.7 Å². The lowest BCUT2D eigenvalue weighted by Crippen LogP contribution is -2.34.